The number of piperazine rings is 1. The van der Waals surface area contributed by atoms with Gasteiger partial charge in [-0.25, -0.2) is 4.98 Å². The van der Waals surface area contributed by atoms with Crippen LogP contribution in [-0.2, 0) is 7.05 Å². The number of amides is 1. The maximum Gasteiger partial charge on any atom is 0.275 e. The lowest BCUT2D eigenvalue weighted by Crippen LogP contribution is -2.49. The molecule has 118 valence electrons. The molecule has 1 saturated heterocycles. The van der Waals surface area contributed by atoms with Crippen molar-refractivity contribution in [2.75, 3.05) is 19.6 Å². The Morgan fingerprint density at radius 3 is 2.86 bits per heavy atom. The van der Waals surface area contributed by atoms with Gasteiger partial charge in [0.2, 0.25) is 0 Å². The van der Waals surface area contributed by atoms with Crippen molar-refractivity contribution in [1.29, 1.82) is 0 Å². The van der Waals surface area contributed by atoms with Crippen LogP contribution in [0.15, 0.2) is 24.7 Å². The third-order valence-corrected chi connectivity index (χ3v) is 4.02. The second-order valence-corrected chi connectivity index (χ2v) is 5.89. The third kappa shape index (κ3) is 2.64. The molecule has 1 aliphatic heterocycles. The Kier molecular flexibility index (Phi) is 3.98. The number of nitrogens with zero attached hydrogens (tertiary/aromatic N) is 5. The topological polar surface area (TPSA) is 68.0 Å². The summed E-state index contributed by atoms with van der Waals surface area (Å²) in [7, 11) is 1.95. The first-order chi connectivity index (χ1) is 10.6. The summed E-state index contributed by atoms with van der Waals surface area (Å²) in [6, 6.07) is 1.97. The van der Waals surface area contributed by atoms with E-state index in [1.54, 1.807) is 12.3 Å². The lowest BCUT2D eigenvalue weighted by Gasteiger charge is -2.35. The van der Waals surface area contributed by atoms with Crippen LogP contribution in [0.4, 0.5) is 0 Å². The number of hydrogen-bond acceptors (Lipinski definition) is 4. The van der Waals surface area contributed by atoms with E-state index in [0.29, 0.717) is 18.8 Å². The standard InChI is InChI=1S/C15H22N6O/c1-11(2)21-7-4-12(18-21)15(22)20-9-5-16-10-13(20)14-17-6-8-19(14)3/h4,6-8,11,13,16H,5,9-10H2,1-3H3. The van der Waals surface area contributed by atoms with E-state index in [1.807, 2.05) is 47.4 Å². The van der Waals surface area contributed by atoms with E-state index in [2.05, 4.69) is 15.4 Å². The SMILES string of the molecule is CC(C)n1ccc(C(=O)N2CCNCC2c2nccn2C)n1. The van der Waals surface area contributed by atoms with Gasteiger partial charge in [0, 0.05) is 51.3 Å². The third-order valence-electron chi connectivity index (χ3n) is 4.02. The number of imidazole rings is 1. The van der Waals surface area contributed by atoms with Gasteiger partial charge >= 0.3 is 0 Å². The summed E-state index contributed by atoms with van der Waals surface area (Å²) < 4.78 is 3.77. The predicted molar refractivity (Wildman–Crippen MR) is 82.5 cm³/mol. The molecule has 3 rings (SSSR count). The van der Waals surface area contributed by atoms with Gasteiger partial charge in [-0.2, -0.15) is 5.10 Å². The average molecular weight is 302 g/mol. The number of rotatable bonds is 3. The van der Waals surface area contributed by atoms with E-state index >= 15 is 0 Å². The van der Waals surface area contributed by atoms with E-state index in [4.69, 9.17) is 0 Å². The molecule has 3 heterocycles. The highest BCUT2D eigenvalue weighted by Crippen LogP contribution is 2.22. The molecule has 1 atom stereocenters. The van der Waals surface area contributed by atoms with Crippen LogP contribution in [0.3, 0.4) is 0 Å². The number of carbonyl (C=O) groups is 1. The van der Waals surface area contributed by atoms with Crippen LogP contribution in [0.1, 0.15) is 42.2 Å². The van der Waals surface area contributed by atoms with Gasteiger partial charge in [-0.1, -0.05) is 0 Å². The van der Waals surface area contributed by atoms with Crippen molar-refractivity contribution in [3.63, 3.8) is 0 Å². The van der Waals surface area contributed by atoms with Gasteiger partial charge in [-0.05, 0) is 19.9 Å². The molecular formula is C15H22N6O. The Labute approximate surface area is 129 Å². The Hall–Kier alpha value is -2.15. The van der Waals surface area contributed by atoms with Gasteiger partial charge in [0.05, 0.1) is 0 Å². The minimum absolute atomic E-state index is 0.0334. The molecule has 0 bridgehead atoms. The normalized spacial score (nSPS) is 18.9. The number of carbonyl (C=O) groups excluding carboxylic acids is 1. The van der Waals surface area contributed by atoms with Gasteiger partial charge in [-0.15, -0.1) is 0 Å². The van der Waals surface area contributed by atoms with Crippen LogP contribution in [0.2, 0.25) is 0 Å². The second-order valence-electron chi connectivity index (χ2n) is 5.89. The smallest absolute Gasteiger partial charge is 0.275 e. The molecule has 0 saturated carbocycles. The molecule has 1 fully saturated rings. The molecule has 1 amide bonds. The zero-order valence-corrected chi connectivity index (χ0v) is 13.2. The van der Waals surface area contributed by atoms with Crippen LogP contribution >= 0.6 is 0 Å². The summed E-state index contributed by atoms with van der Waals surface area (Å²) in [5.74, 6) is 0.859. The highest BCUT2D eigenvalue weighted by atomic mass is 16.2. The molecule has 7 heteroatoms. The van der Waals surface area contributed by atoms with Crippen LogP contribution in [0.25, 0.3) is 0 Å². The monoisotopic (exact) mass is 302 g/mol. The molecule has 2 aromatic rings. The first kappa shape index (κ1) is 14.8. The summed E-state index contributed by atoms with van der Waals surface area (Å²) in [5, 5.41) is 7.74. The first-order valence-corrected chi connectivity index (χ1v) is 7.62. The van der Waals surface area contributed by atoms with Crippen LogP contribution < -0.4 is 5.32 Å². The van der Waals surface area contributed by atoms with E-state index in [1.165, 1.54) is 0 Å². The van der Waals surface area contributed by atoms with Crippen molar-refractivity contribution in [3.05, 3.63) is 36.2 Å². The summed E-state index contributed by atoms with van der Waals surface area (Å²) in [6.07, 6.45) is 5.52. The lowest BCUT2D eigenvalue weighted by molar-refractivity contribution is 0.0613. The van der Waals surface area contributed by atoms with Crippen LogP contribution in [0.5, 0.6) is 0 Å². The highest BCUT2D eigenvalue weighted by molar-refractivity contribution is 5.92. The van der Waals surface area contributed by atoms with E-state index < -0.39 is 0 Å². The molecule has 0 aliphatic carbocycles. The molecule has 0 radical (unpaired) electrons. The van der Waals surface area contributed by atoms with Gasteiger partial charge in [0.25, 0.3) is 5.91 Å². The maximum absolute atomic E-state index is 12.8. The largest absolute Gasteiger partial charge is 0.336 e. The fourth-order valence-corrected chi connectivity index (χ4v) is 2.76. The Morgan fingerprint density at radius 1 is 1.41 bits per heavy atom. The molecule has 22 heavy (non-hydrogen) atoms. The Bertz CT molecular complexity index is 659. The van der Waals surface area contributed by atoms with E-state index in [9.17, 15) is 4.79 Å². The molecule has 1 aliphatic rings. The number of hydrogen-bond donors (Lipinski definition) is 1. The zero-order valence-electron chi connectivity index (χ0n) is 13.2. The van der Waals surface area contributed by atoms with Crippen molar-refractivity contribution in [2.45, 2.75) is 25.9 Å². The predicted octanol–water partition coefficient (Wildman–Crippen LogP) is 0.984. The summed E-state index contributed by atoms with van der Waals surface area (Å²) in [4.78, 5) is 19.1. The quantitative estimate of drug-likeness (QED) is 0.918. The summed E-state index contributed by atoms with van der Waals surface area (Å²) >= 11 is 0. The Morgan fingerprint density at radius 2 is 2.23 bits per heavy atom. The van der Waals surface area contributed by atoms with Gasteiger partial charge < -0.3 is 14.8 Å². The molecule has 7 nitrogen and oxygen atoms in total. The van der Waals surface area contributed by atoms with Crippen molar-refractivity contribution in [3.8, 4) is 0 Å². The zero-order chi connectivity index (χ0) is 15.7. The van der Waals surface area contributed by atoms with E-state index in [0.717, 1.165) is 12.4 Å². The summed E-state index contributed by atoms with van der Waals surface area (Å²) in [5.41, 5.74) is 0.495. The summed E-state index contributed by atoms with van der Waals surface area (Å²) in [6.45, 7) is 6.25. The Balaban J connectivity index is 1.86. The molecule has 2 aromatic heterocycles. The van der Waals surface area contributed by atoms with Gasteiger partial charge in [-0.3, -0.25) is 9.48 Å². The molecule has 1 N–H and O–H groups in total. The molecule has 1 unspecified atom stereocenters. The highest BCUT2D eigenvalue weighted by Gasteiger charge is 2.32. The van der Waals surface area contributed by atoms with Crippen molar-refractivity contribution < 1.29 is 4.79 Å². The fourth-order valence-electron chi connectivity index (χ4n) is 2.76. The fraction of sp³-hybridized carbons (Fsp3) is 0.533. The molecule has 0 aromatic carbocycles. The van der Waals surface area contributed by atoms with Gasteiger partial charge in [0.1, 0.15) is 17.6 Å². The average Bonchev–Trinajstić information content (AvgIpc) is 3.15. The number of nitrogens with one attached hydrogen (secondary N) is 1. The lowest BCUT2D eigenvalue weighted by atomic mass is 10.1. The van der Waals surface area contributed by atoms with Crippen molar-refractivity contribution >= 4 is 5.91 Å². The number of aromatic nitrogens is 4. The second kappa shape index (κ2) is 5.92. The van der Waals surface area contributed by atoms with E-state index in [-0.39, 0.29) is 18.0 Å². The minimum atomic E-state index is -0.0644. The molecule has 0 spiro atoms. The minimum Gasteiger partial charge on any atom is -0.336 e. The van der Waals surface area contributed by atoms with Crippen LogP contribution in [0, 0.1) is 0 Å². The van der Waals surface area contributed by atoms with Gasteiger partial charge in [0.15, 0.2) is 0 Å². The molecular weight excluding hydrogens is 280 g/mol. The first-order valence-electron chi connectivity index (χ1n) is 7.62. The maximum atomic E-state index is 12.8. The van der Waals surface area contributed by atoms with Crippen molar-refractivity contribution in [1.82, 2.24) is 29.5 Å². The van der Waals surface area contributed by atoms with Crippen LogP contribution in [-0.4, -0.2) is 49.8 Å². The number of aryl methyl sites for hydroxylation is 1. The van der Waals surface area contributed by atoms with Crippen molar-refractivity contribution in [2.24, 2.45) is 7.05 Å².